The van der Waals surface area contributed by atoms with E-state index < -0.39 is 0 Å². The van der Waals surface area contributed by atoms with Crippen molar-refractivity contribution in [3.8, 4) is 5.75 Å². The molecule has 0 aliphatic carbocycles. The first-order chi connectivity index (χ1) is 11.6. The largest absolute Gasteiger partial charge is 0.497 e. The fourth-order valence-electron chi connectivity index (χ4n) is 3.02. The summed E-state index contributed by atoms with van der Waals surface area (Å²) in [4.78, 5) is 16.7. The Morgan fingerprint density at radius 3 is 2.38 bits per heavy atom. The molecule has 1 fully saturated rings. The maximum absolute atomic E-state index is 12.5. The summed E-state index contributed by atoms with van der Waals surface area (Å²) in [5, 5.41) is 3.92. The van der Waals surface area contributed by atoms with Gasteiger partial charge in [-0.1, -0.05) is 5.16 Å². The summed E-state index contributed by atoms with van der Waals surface area (Å²) in [5.74, 6) is 1.73. The zero-order chi connectivity index (χ0) is 17.1. The molecule has 0 radical (unpaired) electrons. The first-order valence-electron chi connectivity index (χ1n) is 8.17. The van der Waals surface area contributed by atoms with Crippen LogP contribution < -0.4 is 9.64 Å². The first-order valence-corrected chi connectivity index (χ1v) is 8.17. The molecule has 0 spiro atoms. The molecule has 6 nitrogen and oxygen atoms in total. The Bertz CT molecular complexity index is 681. The van der Waals surface area contributed by atoms with Crippen molar-refractivity contribution in [1.82, 2.24) is 10.1 Å². The van der Waals surface area contributed by atoms with E-state index in [1.165, 1.54) is 0 Å². The summed E-state index contributed by atoms with van der Waals surface area (Å²) in [6, 6.07) is 8.04. The van der Waals surface area contributed by atoms with Crippen LogP contribution in [0.25, 0.3) is 0 Å². The van der Waals surface area contributed by atoms with E-state index in [2.05, 4.69) is 22.2 Å². The number of rotatable bonds is 4. The maximum atomic E-state index is 12.5. The SMILES string of the molecule is COc1ccc(N2CCN(C(=O)Cc3c(C)noc3C)CC2)cc1. The number of carbonyl (C=O) groups is 1. The third-order valence-corrected chi connectivity index (χ3v) is 4.58. The number of amides is 1. The standard InChI is InChI=1S/C18H23N3O3/c1-13-17(14(2)24-19-13)12-18(22)21-10-8-20(9-11-21)15-4-6-16(23-3)7-5-15/h4-7H,8-12H2,1-3H3. The van der Waals surface area contributed by atoms with Gasteiger partial charge in [0.2, 0.25) is 5.91 Å². The van der Waals surface area contributed by atoms with Crippen LogP contribution in [-0.2, 0) is 11.2 Å². The lowest BCUT2D eigenvalue weighted by Crippen LogP contribution is -2.49. The van der Waals surface area contributed by atoms with Crippen LogP contribution >= 0.6 is 0 Å². The number of methoxy groups -OCH3 is 1. The lowest BCUT2D eigenvalue weighted by atomic mass is 10.1. The Morgan fingerprint density at radius 1 is 1.17 bits per heavy atom. The summed E-state index contributed by atoms with van der Waals surface area (Å²) in [5.41, 5.74) is 2.88. The van der Waals surface area contributed by atoms with Crippen LogP contribution in [0.15, 0.2) is 28.8 Å². The van der Waals surface area contributed by atoms with Crippen LogP contribution in [0.5, 0.6) is 5.75 Å². The Labute approximate surface area is 142 Å². The molecule has 0 atom stereocenters. The fourth-order valence-corrected chi connectivity index (χ4v) is 3.02. The molecule has 1 aromatic carbocycles. The minimum absolute atomic E-state index is 0.138. The van der Waals surface area contributed by atoms with Crippen LogP contribution in [0.3, 0.4) is 0 Å². The van der Waals surface area contributed by atoms with Gasteiger partial charge in [0.1, 0.15) is 11.5 Å². The van der Waals surface area contributed by atoms with Crippen LogP contribution in [-0.4, -0.2) is 49.3 Å². The molecule has 0 saturated carbocycles. The van der Waals surface area contributed by atoms with Crippen molar-refractivity contribution in [2.75, 3.05) is 38.2 Å². The van der Waals surface area contributed by atoms with Gasteiger partial charge in [-0.3, -0.25) is 4.79 Å². The van der Waals surface area contributed by atoms with E-state index >= 15 is 0 Å². The van der Waals surface area contributed by atoms with Gasteiger partial charge in [-0.15, -0.1) is 0 Å². The number of carbonyl (C=O) groups excluding carboxylic acids is 1. The van der Waals surface area contributed by atoms with Gasteiger partial charge in [0.25, 0.3) is 0 Å². The molecular weight excluding hydrogens is 306 g/mol. The van der Waals surface area contributed by atoms with Crippen molar-refractivity contribution in [3.63, 3.8) is 0 Å². The van der Waals surface area contributed by atoms with Gasteiger partial charge in [0.15, 0.2) is 0 Å². The minimum Gasteiger partial charge on any atom is -0.497 e. The van der Waals surface area contributed by atoms with Crippen molar-refractivity contribution >= 4 is 11.6 Å². The van der Waals surface area contributed by atoms with E-state index in [1.807, 2.05) is 30.9 Å². The minimum atomic E-state index is 0.138. The van der Waals surface area contributed by atoms with E-state index in [0.717, 1.165) is 54.6 Å². The van der Waals surface area contributed by atoms with Gasteiger partial charge in [-0.2, -0.15) is 0 Å². The lowest BCUT2D eigenvalue weighted by Gasteiger charge is -2.36. The molecule has 2 heterocycles. The average molecular weight is 329 g/mol. The molecule has 1 amide bonds. The predicted octanol–water partition coefficient (Wildman–Crippen LogP) is 2.19. The Hall–Kier alpha value is -2.50. The van der Waals surface area contributed by atoms with E-state index in [1.54, 1.807) is 7.11 Å². The quantitative estimate of drug-likeness (QED) is 0.860. The number of benzene rings is 1. The number of hydrogen-bond donors (Lipinski definition) is 0. The molecule has 128 valence electrons. The van der Waals surface area contributed by atoms with Gasteiger partial charge < -0.3 is 19.1 Å². The molecule has 1 saturated heterocycles. The number of ether oxygens (including phenoxy) is 1. The molecule has 1 aliphatic rings. The molecule has 1 aromatic heterocycles. The Balaban J connectivity index is 1.57. The normalized spacial score (nSPS) is 14.8. The van der Waals surface area contributed by atoms with Gasteiger partial charge >= 0.3 is 0 Å². The highest BCUT2D eigenvalue weighted by Gasteiger charge is 2.23. The maximum Gasteiger partial charge on any atom is 0.227 e. The third-order valence-electron chi connectivity index (χ3n) is 4.58. The van der Waals surface area contributed by atoms with Crippen molar-refractivity contribution in [3.05, 3.63) is 41.3 Å². The van der Waals surface area contributed by atoms with Crippen LogP contribution in [0.4, 0.5) is 5.69 Å². The Kier molecular flexibility index (Phi) is 4.74. The molecule has 2 aromatic rings. The second-order valence-corrected chi connectivity index (χ2v) is 6.05. The zero-order valence-electron chi connectivity index (χ0n) is 14.4. The van der Waals surface area contributed by atoms with Crippen molar-refractivity contribution in [1.29, 1.82) is 0 Å². The highest BCUT2D eigenvalue weighted by atomic mass is 16.5. The molecule has 3 rings (SSSR count). The number of aromatic nitrogens is 1. The van der Waals surface area contributed by atoms with E-state index in [-0.39, 0.29) is 5.91 Å². The predicted molar refractivity (Wildman–Crippen MR) is 91.5 cm³/mol. The van der Waals surface area contributed by atoms with Crippen molar-refractivity contribution in [2.45, 2.75) is 20.3 Å². The second-order valence-electron chi connectivity index (χ2n) is 6.05. The molecule has 0 unspecified atom stereocenters. The first kappa shape index (κ1) is 16.4. The summed E-state index contributed by atoms with van der Waals surface area (Å²) in [7, 11) is 1.67. The van der Waals surface area contributed by atoms with E-state index in [9.17, 15) is 4.79 Å². The van der Waals surface area contributed by atoms with Crippen molar-refractivity contribution in [2.24, 2.45) is 0 Å². The number of nitrogens with zero attached hydrogens (tertiary/aromatic N) is 3. The summed E-state index contributed by atoms with van der Waals surface area (Å²) in [6.45, 7) is 6.85. The molecular formula is C18H23N3O3. The molecule has 1 aliphatic heterocycles. The molecule has 6 heteroatoms. The summed E-state index contributed by atoms with van der Waals surface area (Å²) in [6.07, 6.45) is 0.365. The van der Waals surface area contributed by atoms with Crippen LogP contribution in [0.1, 0.15) is 17.0 Å². The number of hydrogen-bond acceptors (Lipinski definition) is 5. The third kappa shape index (κ3) is 3.37. The average Bonchev–Trinajstić information content (AvgIpc) is 2.94. The number of anilines is 1. The van der Waals surface area contributed by atoms with Crippen LogP contribution in [0, 0.1) is 13.8 Å². The molecule has 24 heavy (non-hydrogen) atoms. The Morgan fingerprint density at radius 2 is 1.83 bits per heavy atom. The van der Waals surface area contributed by atoms with E-state index in [0.29, 0.717) is 6.42 Å². The summed E-state index contributed by atoms with van der Waals surface area (Å²) >= 11 is 0. The van der Waals surface area contributed by atoms with Gasteiger partial charge in [-0.25, -0.2) is 0 Å². The number of piperazine rings is 1. The van der Waals surface area contributed by atoms with Gasteiger partial charge in [0.05, 0.1) is 19.2 Å². The lowest BCUT2D eigenvalue weighted by molar-refractivity contribution is -0.130. The van der Waals surface area contributed by atoms with Gasteiger partial charge in [0, 0.05) is 37.4 Å². The van der Waals surface area contributed by atoms with Crippen molar-refractivity contribution < 1.29 is 14.1 Å². The smallest absolute Gasteiger partial charge is 0.227 e. The highest BCUT2D eigenvalue weighted by Crippen LogP contribution is 2.21. The monoisotopic (exact) mass is 329 g/mol. The molecule has 0 N–H and O–H groups in total. The second kappa shape index (κ2) is 6.95. The van der Waals surface area contributed by atoms with E-state index in [4.69, 9.17) is 9.26 Å². The van der Waals surface area contributed by atoms with Gasteiger partial charge in [-0.05, 0) is 38.1 Å². The molecule has 0 bridgehead atoms. The summed E-state index contributed by atoms with van der Waals surface area (Å²) < 4.78 is 10.3. The van der Waals surface area contributed by atoms with Crippen LogP contribution in [0.2, 0.25) is 0 Å². The highest BCUT2D eigenvalue weighted by molar-refractivity contribution is 5.79. The number of aryl methyl sites for hydroxylation is 2. The fraction of sp³-hybridized carbons (Fsp3) is 0.444. The topological polar surface area (TPSA) is 58.8 Å². The zero-order valence-corrected chi connectivity index (χ0v) is 14.4.